The Morgan fingerprint density at radius 3 is 2.50 bits per heavy atom. The lowest BCUT2D eigenvalue weighted by molar-refractivity contribution is -0.138. The van der Waals surface area contributed by atoms with Crippen molar-refractivity contribution in [3.05, 3.63) is 0 Å². The summed E-state index contributed by atoms with van der Waals surface area (Å²) in [4.78, 5) is 14.6. The normalized spacial score (nSPS) is 30.4. The third-order valence-corrected chi connectivity index (χ3v) is 4.78. The summed E-state index contributed by atoms with van der Waals surface area (Å²) in [5, 5.41) is 0. The summed E-state index contributed by atoms with van der Waals surface area (Å²) in [6.45, 7) is 2.81. The average Bonchev–Trinajstić information content (AvgIpc) is 2.39. The number of likely N-dealkylation sites (tertiary alicyclic amines) is 1. The summed E-state index contributed by atoms with van der Waals surface area (Å²) in [7, 11) is 0. The Kier molecular flexibility index (Phi) is 5.04. The summed E-state index contributed by atoms with van der Waals surface area (Å²) >= 11 is 0. The van der Waals surface area contributed by atoms with Crippen molar-refractivity contribution in [1.82, 2.24) is 4.90 Å². The molecule has 2 fully saturated rings. The van der Waals surface area contributed by atoms with Crippen LogP contribution in [0.2, 0.25) is 0 Å². The molecule has 2 unspecified atom stereocenters. The third-order valence-electron chi connectivity index (χ3n) is 4.78. The zero-order chi connectivity index (χ0) is 13.0. The van der Waals surface area contributed by atoms with E-state index in [1.54, 1.807) is 0 Å². The van der Waals surface area contributed by atoms with E-state index in [9.17, 15) is 4.79 Å². The van der Waals surface area contributed by atoms with Crippen molar-refractivity contribution in [1.29, 1.82) is 0 Å². The van der Waals surface area contributed by atoms with Crippen LogP contribution in [0.4, 0.5) is 0 Å². The molecule has 104 valence electrons. The number of nitrogens with two attached hydrogens (primary N) is 1. The summed E-state index contributed by atoms with van der Waals surface area (Å²) < 4.78 is 0. The first-order chi connectivity index (χ1) is 8.72. The van der Waals surface area contributed by atoms with Crippen LogP contribution in [0.3, 0.4) is 0 Å². The largest absolute Gasteiger partial charge is 0.336 e. The highest BCUT2D eigenvalue weighted by Gasteiger charge is 2.31. The van der Waals surface area contributed by atoms with Crippen LogP contribution in [-0.2, 0) is 4.79 Å². The fourth-order valence-electron chi connectivity index (χ4n) is 3.71. The van der Waals surface area contributed by atoms with Crippen molar-refractivity contribution in [3.8, 4) is 0 Å². The third kappa shape index (κ3) is 3.25. The van der Waals surface area contributed by atoms with E-state index in [4.69, 9.17) is 5.73 Å². The molecule has 1 saturated heterocycles. The summed E-state index contributed by atoms with van der Waals surface area (Å²) in [6, 6.07) is 0.688. The molecular weight excluding hydrogens is 224 g/mol. The fourth-order valence-corrected chi connectivity index (χ4v) is 3.71. The lowest BCUT2D eigenvalue weighted by atomic mass is 9.86. The van der Waals surface area contributed by atoms with Gasteiger partial charge in [-0.05, 0) is 44.9 Å². The van der Waals surface area contributed by atoms with Crippen molar-refractivity contribution in [2.45, 2.75) is 76.8 Å². The second kappa shape index (κ2) is 6.55. The topological polar surface area (TPSA) is 46.3 Å². The van der Waals surface area contributed by atoms with E-state index < -0.39 is 0 Å². The van der Waals surface area contributed by atoms with E-state index in [2.05, 4.69) is 11.8 Å². The van der Waals surface area contributed by atoms with E-state index in [0.717, 1.165) is 19.3 Å². The van der Waals surface area contributed by atoms with E-state index in [0.29, 0.717) is 30.5 Å². The maximum Gasteiger partial charge on any atom is 0.223 e. The van der Waals surface area contributed by atoms with Gasteiger partial charge in [0, 0.05) is 25.0 Å². The van der Waals surface area contributed by atoms with Gasteiger partial charge >= 0.3 is 0 Å². The van der Waals surface area contributed by atoms with Crippen LogP contribution >= 0.6 is 0 Å². The molecule has 2 rings (SSSR count). The van der Waals surface area contributed by atoms with Gasteiger partial charge in [0.2, 0.25) is 5.91 Å². The zero-order valence-electron chi connectivity index (χ0n) is 11.7. The van der Waals surface area contributed by atoms with Crippen LogP contribution in [-0.4, -0.2) is 29.4 Å². The second-order valence-corrected chi connectivity index (χ2v) is 6.18. The number of amides is 1. The molecule has 2 atom stereocenters. The maximum atomic E-state index is 12.5. The maximum absolute atomic E-state index is 12.5. The average molecular weight is 252 g/mol. The molecule has 18 heavy (non-hydrogen) atoms. The highest BCUT2D eigenvalue weighted by Crippen LogP contribution is 2.29. The lowest BCUT2D eigenvalue weighted by Gasteiger charge is -2.41. The standard InChI is InChI=1S/C15H28N2O/c1-12-6-5-9-14(11-16)17(12)15(18)10-13-7-3-2-4-8-13/h12-14H,2-11,16H2,1H3. The van der Waals surface area contributed by atoms with Crippen LogP contribution < -0.4 is 5.73 Å². The van der Waals surface area contributed by atoms with Gasteiger partial charge in [-0.15, -0.1) is 0 Å². The monoisotopic (exact) mass is 252 g/mol. The lowest BCUT2D eigenvalue weighted by Crippen LogP contribution is -2.52. The summed E-state index contributed by atoms with van der Waals surface area (Å²) in [5.74, 6) is 1.00. The zero-order valence-corrected chi connectivity index (χ0v) is 11.7. The molecule has 3 nitrogen and oxygen atoms in total. The molecule has 1 saturated carbocycles. The van der Waals surface area contributed by atoms with Crippen molar-refractivity contribution < 1.29 is 4.79 Å². The van der Waals surface area contributed by atoms with Crippen molar-refractivity contribution in [3.63, 3.8) is 0 Å². The molecule has 1 amide bonds. The Balaban J connectivity index is 1.92. The molecule has 0 aromatic heterocycles. The van der Waals surface area contributed by atoms with Gasteiger partial charge in [0.25, 0.3) is 0 Å². The molecule has 0 spiro atoms. The Morgan fingerprint density at radius 1 is 1.11 bits per heavy atom. The SMILES string of the molecule is CC1CCCC(CN)N1C(=O)CC1CCCCC1. The Bertz CT molecular complexity index is 274. The van der Waals surface area contributed by atoms with E-state index in [1.807, 2.05) is 0 Å². The molecule has 1 aliphatic carbocycles. The number of hydrogen-bond acceptors (Lipinski definition) is 2. The van der Waals surface area contributed by atoms with Crippen LogP contribution in [0.1, 0.15) is 64.7 Å². The molecule has 0 bridgehead atoms. The van der Waals surface area contributed by atoms with Gasteiger partial charge in [-0.2, -0.15) is 0 Å². The Hall–Kier alpha value is -0.570. The van der Waals surface area contributed by atoms with Crippen molar-refractivity contribution >= 4 is 5.91 Å². The molecule has 2 N–H and O–H groups in total. The van der Waals surface area contributed by atoms with Crippen LogP contribution in [0.5, 0.6) is 0 Å². The number of carbonyl (C=O) groups excluding carboxylic acids is 1. The quantitative estimate of drug-likeness (QED) is 0.839. The van der Waals surface area contributed by atoms with Crippen molar-refractivity contribution in [2.75, 3.05) is 6.54 Å². The number of nitrogens with zero attached hydrogens (tertiary/aromatic N) is 1. The fraction of sp³-hybridized carbons (Fsp3) is 0.933. The van der Waals surface area contributed by atoms with Crippen molar-refractivity contribution in [2.24, 2.45) is 11.7 Å². The van der Waals surface area contributed by atoms with E-state index in [-0.39, 0.29) is 0 Å². The predicted molar refractivity (Wildman–Crippen MR) is 74.2 cm³/mol. The summed E-state index contributed by atoms with van der Waals surface area (Å²) in [6.07, 6.45) is 10.7. The van der Waals surface area contributed by atoms with Gasteiger partial charge in [-0.1, -0.05) is 19.3 Å². The first kappa shape index (κ1) is 13.9. The van der Waals surface area contributed by atoms with Gasteiger partial charge in [0.15, 0.2) is 0 Å². The first-order valence-corrected chi connectivity index (χ1v) is 7.73. The molecule has 0 aromatic carbocycles. The number of hydrogen-bond donors (Lipinski definition) is 1. The van der Waals surface area contributed by atoms with E-state index in [1.165, 1.54) is 38.5 Å². The smallest absolute Gasteiger partial charge is 0.223 e. The van der Waals surface area contributed by atoms with Gasteiger partial charge in [-0.3, -0.25) is 4.79 Å². The van der Waals surface area contributed by atoms with Gasteiger partial charge in [0.1, 0.15) is 0 Å². The molecule has 0 radical (unpaired) electrons. The minimum Gasteiger partial charge on any atom is -0.336 e. The van der Waals surface area contributed by atoms with E-state index >= 15 is 0 Å². The summed E-state index contributed by atoms with van der Waals surface area (Å²) in [5.41, 5.74) is 5.83. The highest BCUT2D eigenvalue weighted by atomic mass is 16.2. The van der Waals surface area contributed by atoms with Crippen LogP contribution in [0, 0.1) is 5.92 Å². The van der Waals surface area contributed by atoms with Gasteiger partial charge in [-0.25, -0.2) is 0 Å². The second-order valence-electron chi connectivity index (χ2n) is 6.18. The predicted octanol–water partition coefficient (Wildman–Crippen LogP) is 2.69. The van der Waals surface area contributed by atoms with Gasteiger partial charge < -0.3 is 10.6 Å². The Labute approximate surface area is 111 Å². The molecular formula is C15H28N2O. The van der Waals surface area contributed by atoms with Crippen LogP contribution in [0.25, 0.3) is 0 Å². The van der Waals surface area contributed by atoms with Gasteiger partial charge in [0.05, 0.1) is 0 Å². The number of piperidine rings is 1. The first-order valence-electron chi connectivity index (χ1n) is 7.73. The minimum atomic E-state index is 0.296. The molecule has 1 aliphatic heterocycles. The molecule has 1 heterocycles. The van der Waals surface area contributed by atoms with Crippen LogP contribution in [0.15, 0.2) is 0 Å². The Morgan fingerprint density at radius 2 is 1.83 bits per heavy atom. The molecule has 3 heteroatoms. The molecule has 0 aromatic rings. The molecule has 2 aliphatic rings. The number of carbonyl (C=O) groups is 1. The number of rotatable bonds is 3. The minimum absolute atomic E-state index is 0.296. The highest BCUT2D eigenvalue weighted by molar-refractivity contribution is 5.77.